The fourth-order valence-electron chi connectivity index (χ4n) is 3.97. The van der Waals surface area contributed by atoms with Crippen molar-refractivity contribution in [1.29, 1.82) is 5.26 Å². The lowest BCUT2D eigenvalue weighted by molar-refractivity contribution is 0.312. The summed E-state index contributed by atoms with van der Waals surface area (Å²) in [5, 5.41) is 8.91. The van der Waals surface area contributed by atoms with Crippen LogP contribution in [0.5, 0.6) is 0 Å². The summed E-state index contributed by atoms with van der Waals surface area (Å²) in [6.45, 7) is 2.11. The van der Waals surface area contributed by atoms with Crippen molar-refractivity contribution < 1.29 is 0 Å². The van der Waals surface area contributed by atoms with Gasteiger partial charge >= 0.3 is 0 Å². The van der Waals surface area contributed by atoms with E-state index >= 15 is 0 Å². The molecule has 0 bridgehead atoms. The highest BCUT2D eigenvalue weighted by atomic mass is 14.3. The Hall–Kier alpha value is -2.33. The third-order valence-electron chi connectivity index (χ3n) is 5.55. The van der Waals surface area contributed by atoms with Gasteiger partial charge in [0.15, 0.2) is 0 Å². The zero-order chi connectivity index (χ0) is 17.5. The summed E-state index contributed by atoms with van der Waals surface area (Å²) in [7, 11) is 0. The van der Waals surface area contributed by atoms with Crippen molar-refractivity contribution >= 4 is 0 Å². The molecule has 1 fully saturated rings. The van der Waals surface area contributed by atoms with Gasteiger partial charge < -0.3 is 0 Å². The van der Waals surface area contributed by atoms with Gasteiger partial charge in [-0.25, -0.2) is 0 Å². The van der Waals surface area contributed by atoms with E-state index in [9.17, 15) is 0 Å². The monoisotopic (exact) mass is 329 g/mol. The zero-order valence-corrected chi connectivity index (χ0v) is 15.1. The first-order valence-electron chi connectivity index (χ1n) is 9.52. The largest absolute Gasteiger partial charge is 0.192 e. The van der Waals surface area contributed by atoms with Gasteiger partial charge in [-0.05, 0) is 86.1 Å². The molecule has 0 atom stereocenters. The van der Waals surface area contributed by atoms with Crippen LogP contribution in [0, 0.1) is 17.2 Å². The summed E-state index contributed by atoms with van der Waals surface area (Å²) < 4.78 is 0. The first kappa shape index (κ1) is 17.5. The van der Waals surface area contributed by atoms with Gasteiger partial charge in [0.25, 0.3) is 0 Å². The van der Waals surface area contributed by atoms with Gasteiger partial charge in [-0.15, -0.1) is 0 Å². The topological polar surface area (TPSA) is 23.8 Å². The highest BCUT2D eigenvalue weighted by Crippen LogP contribution is 2.38. The van der Waals surface area contributed by atoms with Crippen LogP contribution in [0.15, 0.2) is 60.7 Å². The van der Waals surface area contributed by atoms with Gasteiger partial charge in [0.1, 0.15) is 0 Å². The predicted molar refractivity (Wildman–Crippen MR) is 105 cm³/mol. The molecule has 0 saturated heterocycles. The Bertz CT molecular complexity index is 723. The van der Waals surface area contributed by atoms with Crippen LogP contribution in [0.25, 0.3) is 11.1 Å². The van der Waals surface area contributed by atoms with E-state index in [2.05, 4.69) is 49.4 Å². The average molecular weight is 329 g/mol. The van der Waals surface area contributed by atoms with E-state index in [1.807, 2.05) is 24.3 Å². The first-order chi connectivity index (χ1) is 12.3. The van der Waals surface area contributed by atoms with Crippen LogP contribution in [-0.2, 0) is 0 Å². The average Bonchev–Trinajstić information content (AvgIpc) is 2.69. The number of nitrogens with zero attached hydrogens (tertiary/aromatic N) is 1. The molecule has 0 unspecified atom stereocenters. The molecule has 0 radical (unpaired) electrons. The van der Waals surface area contributed by atoms with E-state index in [1.54, 1.807) is 0 Å². The Balaban J connectivity index is 1.58. The van der Waals surface area contributed by atoms with Gasteiger partial charge in [-0.3, -0.25) is 0 Å². The van der Waals surface area contributed by atoms with Crippen molar-refractivity contribution in [3.05, 3.63) is 71.8 Å². The molecule has 2 aromatic rings. The van der Waals surface area contributed by atoms with Crippen LogP contribution in [0.1, 0.15) is 62.5 Å². The van der Waals surface area contributed by atoms with Crippen molar-refractivity contribution in [1.82, 2.24) is 0 Å². The van der Waals surface area contributed by atoms with Crippen molar-refractivity contribution in [2.45, 2.75) is 51.4 Å². The molecule has 0 spiro atoms. The number of benzene rings is 2. The molecule has 0 aliphatic heterocycles. The van der Waals surface area contributed by atoms with Crippen LogP contribution in [0.2, 0.25) is 0 Å². The second-order valence-electron chi connectivity index (χ2n) is 7.18. The second-order valence-corrected chi connectivity index (χ2v) is 7.18. The lowest BCUT2D eigenvalue weighted by Crippen LogP contribution is -2.13. The highest BCUT2D eigenvalue weighted by Gasteiger charge is 2.21. The molecule has 0 heterocycles. The Morgan fingerprint density at radius 3 is 2.08 bits per heavy atom. The Kier molecular flexibility index (Phi) is 6.07. The van der Waals surface area contributed by atoms with Gasteiger partial charge in [-0.1, -0.05) is 48.6 Å². The molecule has 1 aliphatic rings. The quantitative estimate of drug-likeness (QED) is 0.550. The molecule has 2 aromatic carbocycles. The number of rotatable bonds is 5. The molecule has 1 heteroatoms. The third-order valence-corrected chi connectivity index (χ3v) is 5.55. The summed E-state index contributed by atoms with van der Waals surface area (Å²) in [5.74, 6) is 1.65. The maximum Gasteiger partial charge on any atom is 0.0991 e. The van der Waals surface area contributed by atoms with Crippen molar-refractivity contribution in [2.75, 3.05) is 0 Å². The van der Waals surface area contributed by atoms with E-state index < -0.39 is 0 Å². The van der Waals surface area contributed by atoms with Gasteiger partial charge in [0, 0.05) is 0 Å². The molecular weight excluding hydrogens is 302 g/mol. The van der Waals surface area contributed by atoms with Crippen LogP contribution in [0.4, 0.5) is 0 Å². The lowest BCUT2D eigenvalue weighted by atomic mass is 9.77. The van der Waals surface area contributed by atoms with Crippen molar-refractivity contribution in [3.8, 4) is 17.2 Å². The van der Waals surface area contributed by atoms with Gasteiger partial charge in [0.2, 0.25) is 0 Å². The Morgan fingerprint density at radius 1 is 0.920 bits per heavy atom. The van der Waals surface area contributed by atoms with Crippen LogP contribution in [-0.4, -0.2) is 0 Å². The first-order valence-corrected chi connectivity index (χ1v) is 9.52. The highest BCUT2D eigenvalue weighted by molar-refractivity contribution is 5.64. The molecule has 0 N–H and O–H groups in total. The van der Waals surface area contributed by atoms with E-state index in [0.717, 1.165) is 11.8 Å². The fraction of sp³-hybridized carbons (Fsp3) is 0.375. The fourth-order valence-corrected chi connectivity index (χ4v) is 3.97. The van der Waals surface area contributed by atoms with Crippen LogP contribution >= 0.6 is 0 Å². The minimum absolute atomic E-state index is 0.714. The Labute approximate surface area is 152 Å². The number of hydrogen-bond donors (Lipinski definition) is 0. The summed E-state index contributed by atoms with van der Waals surface area (Å²) >= 11 is 0. The SMILES string of the molecule is C/C=C/CCC1CCC(c2ccc(-c3ccc(C#N)cc3)cc2)CC1. The summed E-state index contributed by atoms with van der Waals surface area (Å²) in [4.78, 5) is 0. The van der Waals surface area contributed by atoms with Gasteiger partial charge in [0.05, 0.1) is 11.6 Å². The van der Waals surface area contributed by atoms with E-state index in [1.165, 1.54) is 55.2 Å². The number of hydrogen-bond acceptors (Lipinski definition) is 1. The molecule has 1 aliphatic carbocycles. The van der Waals surface area contributed by atoms with Crippen molar-refractivity contribution in [2.24, 2.45) is 5.92 Å². The maximum atomic E-state index is 8.91. The molecule has 25 heavy (non-hydrogen) atoms. The molecule has 3 rings (SSSR count). The number of nitriles is 1. The van der Waals surface area contributed by atoms with E-state index in [-0.39, 0.29) is 0 Å². The molecule has 0 amide bonds. The van der Waals surface area contributed by atoms with Gasteiger partial charge in [-0.2, -0.15) is 5.26 Å². The predicted octanol–water partition coefficient (Wildman–Crippen LogP) is 6.86. The summed E-state index contributed by atoms with van der Waals surface area (Å²) in [6, 6.07) is 19.1. The zero-order valence-electron chi connectivity index (χ0n) is 15.1. The van der Waals surface area contributed by atoms with Crippen LogP contribution < -0.4 is 0 Å². The molecule has 128 valence electrons. The number of allylic oxidation sites excluding steroid dienone is 2. The molecule has 1 nitrogen and oxygen atoms in total. The second kappa shape index (κ2) is 8.67. The minimum Gasteiger partial charge on any atom is -0.192 e. The normalized spacial score (nSPS) is 20.5. The standard InChI is InChI=1S/C24H27N/c1-2-3-4-5-19-6-10-21(11-7-19)23-14-16-24(17-15-23)22-12-8-20(18-25)9-13-22/h2-3,8-9,12-17,19,21H,4-7,10-11H2,1H3/b3-2+. The molecule has 1 saturated carbocycles. The smallest absolute Gasteiger partial charge is 0.0991 e. The van der Waals surface area contributed by atoms with E-state index in [4.69, 9.17) is 5.26 Å². The molecular formula is C24H27N. The summed E-state index contributed by atoms with van der Waals surface area (Å²) in [5.41, 5.74) is 4.61. The summed E-state index contributed by atoms with van der Waals surface area (Å²) in [6.07, 6.45) is 12.5. The Morgan fingerprint density at radius 2 is 1.52 bits per heavy atom. The minimum atomic E-state index is 0.714. The van der Waals surface area contributed by atoms with Crippen molar-refractivity contribution in [3.63, 3.8) is 0 Å². The molecule has 0 aromatic heterocycles. The van der Waals surface area contributed by atoms with E-state index in [0.29, 0.717) is 5.56 Å². The lowest BCUT2D eigenvalue weighted by Gasteiger charge is -2.28. The third kappa shape index (κ3) is 4.60. The maximum absolute atomic E-state index is 8.91. The van der Waals surface area contributed by atoms with Crippen LogP contribution in [0.3, 0.4) is 0 Å².